The summed E-state index contributed by atoms with van der Waals surface area (Å²) in [7, 11) is -3.12. The first-order valence-corrected chi connectivity index (χ1v) is 12.5. The highest BCUT2D eigenvalue weighted by Gasteiger charge is 2.49. The molecule has 28 heavy (non-hydrogen) atoms. The highest BCUT2D eigenvalue weighted by Crippen LogP contribution is 2.43. The number of halogens is 2. The monoisotopic (exact) mass is 498 g/mol. The summed E-state index contributed by atoms with van der Waals surface area (Å²) in [4.78, 5) is 18.7. The lowest BCUT2D eigenvalue weighted by Crippen LogP contribution is -2.38. The molecule has 0 aliphatic carbocycles. The highest BCUT2D eigenvalue weighted by molar-refractivity contribution is 9.10. The fourth-order valence-electron chi connectivity index (χ4n) is 3.44. The van der Waals surface area contributed by atoms with Crippen LogP contribution in [0.3, 0.4) is 0 Å². The van der Waals surface area contributed by atoms with Crippen molar-refractivity contribution < 1.29 is 13.2 Å². The van der Waals surface area contributed by atoms with E-state index in [9.17, 15) is 13.2 Å². The van der Waals surface area contributed by atoms with E-state index in [4.69, 9.17) is 11.6 Å². The number of amidine groups is 1. The third-order valence-corrected chi connectivity index (χ3v) is 8.66. The first-order valence-electron chi connectivity index (χ1n) is 8.59. The molecule has 0 saturated carbocycles. The fraction of sp³-hybridized carbons (Fsp3) is 0.263. The summed E-state index contributed by atoms with van der Waals surface area (Å²) >= 11 is 11.2. The predicted molar refractivity (Wildman–Crippen MR) is 118 cm³/mol. The molecule has 2 atom stereocenters. The van der Waals surface area contributed by atoms with Crippen LogP contribution in [-0.2, 0) is 21.1 Å². The SMILES string of the molecule is O=C(Cc1ccccc1)N=C1SC2CS(=O)(=O)CC2N1c1ccc(Br)cc1Cl. The van der Waals surface area contributed by atoms with Crippen LogP contribution in [0.5, 0.6) is 0 Å². The van der Waals surface area contributed by atoms with Crippen LogP contribution in [-0.4, -0.2) is 42.3 Å². The highest BCUT2D eigenvalue weighted by atomic mass is 79.9. The summed E-state index contributed by atoms with van der Waals surface area (Å²) < 4.78 is 25.1. The molecule has 0 bridgehead atoms. The molecular formula is C19H16BrClN2O3S2. The number of carbonyl (C=O) groups is 1. The quantitative estimate of drug-likeness (QED) is 0.640. The second kappa shape index (κ2) is 7.82. The summed E-state index contributed by atoms with van der Waals surface area (Å²) in [6.07, 6.45) is 0.195. The number of rotatable bonds is 3. The molecule has 9 heteroatoms. The largest absolute Gasteiger partial charge is 0.314 e. The average Bonchev–Trinajstić information content (AvgIpc) is 3.07. The Hall–Kier alpha value is -1.35. The van der Waals surface area contributed by atoms with Gasteiger partial charge in [0.1, 0.15) is 0 Å². The van der Waals surface area contributed by atoms with Crippen molar-refractivity contribution in [3.63, 3.8) is 0 Å². The number of aliphatic imine (C=N–C) groups is 1. The second-order valence-electron chi connectivity index (χ2n) is 6.72. The van der Waals surface area contributed by atoms with E-state index in [0.29, 0.717) is 15.9 Å². The Morgan fingerprint density at radius 3 is 2.68 bits per heavy atom. The minimum absolute atomic E-state index is 0.0307. The third-order valence-electron chi connectivity index (χ3n) is 4.65. The molecule has 2 saturated heterocycles. The number of thioether (sulfide) groups is 1. The molecule has 2 unspecified atom stereocenters. The van der Waals surface area contributed by atoms with Crippen LogP contribution in [0.4, 0.5) is 5.69 Å². The second-order valence-corrected chi connectivity index (χ2v) is 11.4. The van der Waals surface area contributed by atoms with Crippen LogP contribution in [0.2, 0.25) is 5.02 Å². The van der Waals surface area contributed by atoms with Gasteiger partial charge in [0.15, 0.2) is 15.0 Å². The summed E-state index contributed by atoms with van der Waals surface area (Å²) in [5.41, 5.74) is 1.55. The van der Waals surface area contributed by atoms with Gasteiger partial charge in [-0.25, -0.2) is 8.42 Å². The number of hydrogen-bond donors (Lipinski definition) is 0. The lowest BCUT2D eigenvalue weighted by Gasteiger charge is -2.25. The van der Waals surface area contributed by atoms with Crippen LogP contribution in [0.15, 0.2) is 58.0 Å². The Kier molecular flexibility index (Phi) is 5.57. The van der Waals surface area contributed by atoms with E-state index in [1.807, 2.05) is 47.4 Å². The molecule has 2 aliphatic heterocycles. The van der Waals surface area contributed by atoms with Crippen LogP contribution in [0.1, 0.15) is 5.56 Å². The topological polar surface area (TPSA) is 66.8 Å². The van der Waals surface area contributed by atoms with Crippen molar-refractivity contribution in [1.29, 1.82) is 0 Å². The maximum absolute atomic E-state index is 12.5. The lowest BCUT2D eigenvalue weighted by molar-refractivity contribution is -0.117. The van der Waals surface area contributed by atoms with Crippen molar-refractivity contribution in [3.8, 4) is 0 Å². The smallest absolute Gasteiger partial charge is 0.252 e. The molecule has 2 heterocycles. The molecule has 5 nitrogen and oxygen atoms in total. The molecule has 0 spiro atoms. The predicted octanol–water partition coefficient (Wildman–Crippen LogP) is 3.95. The maximum Gasteiger partial charge on any atom is 0.252 e. The zero-order valence-corrected chi connectivity index (χ0v) is 18.6. The summed E-state index contributed by atoms with van der Waals surface area (Å²) in [5.74, 6) is -0.156. The van der Waals surface area contributed by atoms with Crippen molar-refractivity contribution in [3.05, 3.63) is 63.6 Å². The number of sulfone groups is 1. The van der Waals surface area contributed by atoms with Crippen molar-refractivity contribution in [2.24, 2.45) is 4.99 Å². The Labute approximate surface area is 181 Å². The molecule has 1 amide bonds. The van der Waals surface area contributed by atoms with Gasteiger partial charge in [0.25, 0.3) is 5.91 Å². The number of anilines is 1. The van der Waals surface area contributed by atoms with Crippen molar-refractivity contribution in [1.82, 2.24) is 0 Å². The van der Waals surface area contributed by atoms with E-state index in [0.717, 1.165) is 10.0 Å². The van der Waals surface area contributed by atoms with Gasteiger partial charge in [-0.05, 0) is 23.8 Å². The molecule has 2 aliphatic rings. The van der Waals surface area contributed by atoms with E-state index in [1.165, 1.54) is 11.8 Å². The zero-order chi connectivity index (χ0) is 19.9. The first-order chi connectivity index (χ1) is 13.3. The van der Waals surface area contributed by atoms with Gasteiger partial charge in [0.2, 0.25) is 0 Å². The van der Waals surface area contributed by atoms with E-state index in [-0.39, 0.29) is 35.1 Å². The maximum atomic E-state index is 12.5. The molecule has 146 valence electrons. The minimum atomic E-state index is -3.12. The summed E-state index contributed by atoms with van der Waals surface area (Å²) in [6, 6.07) is 14.5. The first kappa shape index (κ1) is 19.9. The molecule has 0 aromatic heterocycles. The Balaban J connectivity index is 1.68. The third kappa shape index (κ3) is 4.15. The molecule has 0 N–H and O–H groups in total. The number of nitrogens with zero attached hydrogens (tertiary/aromatic N) is 2. The normalized spacial score (nSPS) is 24.5. The van der Waals surface area contributed by atoms with E-state index in [2.05, 4.69) is 20.9 Å². The number of benzene rings is 2. The van der Waals surface area contributed by atoms with Crippen LogP contribution in [0, 0.1) is 0 Å². The number of fused-ring (bicyclic) bond motifs is 1. The lowest BCUT2D eigenvalue weighted by atomic mass is 10.1. The summed E-state index contributed by atoms with van der Waals surface area (Å²) in [6.45, 7) is 0. The molecule has 0 radical (unpaired) electrons. The van der Waals surface area contributed by atoms with Crippen molar-refractivity contribution in [2.45, 2.75) is 17.7 Å². The van der Waals surface area contributed by atoms with Gasteiger partial charge in [-0.15, -0.1) is 0 Å². The van der Waals surface area contributed by atoms with Gasteiger partial charge >= 0.3 is 0 Å². The Morgan fingerprint density at radius 1 is 1.21 bits per heavy atom. The van der Waals surface area contributed by atoms with Gasteiger partial charge in [-0.1, -0.05) is 69.6 Å². The molecule has 4 rings (SSSR count). The van der Waals surface area contributed by atoms with E-state index in [1.54, 1.807) is 6.07 Å². The van der Waals surface area contributed by atoms with Gasteiger partial charge in [-0.2, -0.15) is 4.99 Å². The van der Waals surface area contributed by atoms with Crippen LogP contribution in [0.25, 0.3) is 0 Å². The van der Waals surface area contributed by atoms with E-state index >= 15 is 0 Å². The van der Waals surface area contributed by atoms with E-state index < -0.39 is 9.84 Å². The molecule has 2 aromatic rings. The Morgan fingerprint density at radius 2 is 1.96 bits per heavy atom. The van der Waals surface area contributed by atoms with Gasteiger partial charge in [0.05, 0.1) is 34.7 Å². The summed E-state index contributed by atoms with van der Waals surface area (Å²) in [5, 5.41) is 0.825. The number of hydrogen-bond acceptors (Lipinski definition) is 4. The zero-order valence-electron chi connectivity index (χ0n) is 14.6. The van der Waals surface area contributed by atoms with Gasteiger partial charge < -0.3 is 4.90 Å². The minimum Gasteiger partial charge on any atom is -0.314 e. The van der Waals surface area contributed by atoms with Crippen molar-refractivity contribution >= 4 is 65.9 Å². The number of carbonyl (C=O) groups excluding carboxylic acids is 1. The van der Waals surface area contributed by atoms with Gasteiger partial charge in [-0.3, -0.25) is 4.79 Å². The average molecular weight is 500 g/mol. The number of amides is 1. The molecule has 2 aromatic carbocycles. The van der Waals surface area contributed by atoms with Crippen molar-refractivity contribution in [2.75, 3.05) is 16.4 Å². The Bertz CT molecular complexity index is 1060. The molecule has 2 fully saturated rings. The van der Waals surface area contributed by atoms with Gasteiger partial charge in [0, 0.05) is 9.72 Å². The standard InChI is InChI=1S/C19H16BrClN2O3S2/c20-13-6-7-15(14(21)9-13)23-16-10-28(25,26)11-17(16)27-19(23)22-18(24)8-12-4-2-1-3-5-12/h1-7,9,16-17H,8,10-11H2. The molecular weight excluding hydrogens is 484 g/mol. The van der Waals surface area contributed by atoms with Crippen LogP contribution < -0.4 is 4.90 Å². The fourth-order valence-corrected chi connectivity index (χ4v) is 8.13. The van der Waals surface area contributed by atoms with Crippen LogP contribution >= 0.6 is 39.3 Å².